The molecule has 0 aliphatic carbocycles. The first-order chi connectivity index (χ1) is 13.1. The normalized spacial score (nSPS) is 16.2. The van der Waals surface area contributed by atoms with Crippen molar-refractivity contribution >= 4 is 11.6 Å². The number of hydrogen-bond donors (Lipinski definition) is 2. The highest BCUT2D eigenvalue weighted by molar-refractivity contribution is 5.97. The summed E-state index contributed by atoms with van der Waals surface area (Å²) in [7, 11) is 0. The van der Waals surface area contributed by atoms with Crippen molar-refractivity contribution in [1.29, 1.82) is 0 Å². The van der Waals surface area contributed by atoms with E-state index in [4.69, 9.17) is 4.42 Å². The molecule has 140 valence electrons. The molecule has 2 aromatic heterocycles. The van der Waals surface area contributed by atoms with E-state index in [-0.39, 0.29) is 5.91 Å². The van der Waals surface area contributed by atoms with Gasteiger partial charge in [0.2, 0.25) is 5.89 Å². The van der Waals surface area contributed by atoms with Gasteiger partial charge in [-0.15, -0.1) is 0 Å². The van der Waals surface area contributed by atoms with Crippen molar-refractivity contribution in [1.82, 2.24) is 20.1 Å². The van der Waals surface area contributed by atoms with E-state index in [9.17, 15) is 4.79 Å². The Morgan fingerprint density at radius 3 is 2.74 bits per heavy atom. The molecule has 3 heterocycles. The number of aromatic nitrogens is 3. The number of piperidine rings is 1. The Kier molecular flexibility index (Phi) is 4.53. The van der Waals surface area contributed by atoms with E-state index in [0.717, 1.165) is 35.8 Å². The van der Waals surface area contributed by atoms with Gasteiger partial charge in [0, 0.05) is 23.6 Å². The molecule has 1 fully saturated rings. The first-order valence-corrected chi connectivity index (χ1v) is 9.15. The topological polar surface area (TPSA) is 85.0 Å². The maximum absolute atomic E-state index is 13.3. The minimum Gasteiger partial charge on any atom is -0.441 e. The third-order valence-corrected chi connectivity index (χ3v) is 5.19. The van der Waals surface area contributed by atoms with E-state index in [1.54, 1.807) is 10.9 Å². The van der Waals surface area contributed by atoms with E-state index >= 15 is 0 Å². The highest BCUT2D eigenvalue weighted by Crippen LogP contribution is 2.30. The molecule has 7 heteroatoms. The van der Waals surface area contributed by atoms with Crippen LogP contribution in [-0.2, 0) is 10.3 Å². The zero-order valence-corrected chi connectivity index (χ0v) is 15.5. The second-order valence-electron chi connectivity index (χ2n) is 6.93. The smallest absolute Gasteiger partial charge is 0.252 e. The van der Waals surface area contributed by atoms with Crippen LogP contribution in [-0.4, -0.2) is 33.8 Å². The number of nitrogens with one attached hydrogen (secondary N) is 2. The molecule has 0 saturated carbocycles. The maximum Gasteiger partial charge on any atom is 0.252 e. The first-order valence-electron chi connectivity index (χ1n) is 9.15. The fourth-order valence-electron chi connectivity index (χ4n) is 3.50. The van der Waals surface area contributed by atoms with E-state index in [1.165, 1.54) is 0 Å². The number of aryl methyl sites for hydroxylation is 2. The van der Waals surface area contributed by atoms with Crippen LogP contribution in [0.1, 0.15) is 24.3 Å². The van der Waals surface area contributed by atoms with E-state index in [1.807, 2.05) is 50.4 Å². The van der Waals surface area contributed by atoms with Crippen LogP contribution in [0.4, 0.5) is 5.69 Å². The molecule has 27 heavy (non-hydrogen) atoms. The van der Waals surface area contributed by atoms with Crippen LogP contribution < -0.4 is 10.6 Å². The summed E-state index contributed by atoms with van der Waals surface area (Å²) in [5.41, 5.74) is 1.74. The second-order valence-corrected chi connectivity index (χ2v) is 6.93. The summed E-state index contributed by atoms with van der Waals surface area (Å²) in [6.07, 6.45) is 4.96. The monoisotopic (exact) mass is 365 g/mol. The molecule has 0 unspecified atom stereocenters. The highest BCUT2D eigenvalue weighted by Gasteiger charge is 2.42. The van der Waals surface area contributed by atoms with Gasteiger partial charge >= 0.3 is 0 Å². The molecule has 4 rings (SSSR count). The molecule has 1 amide bonds. The number of carbonyl (C=O) groups is 1. The van der Waals surface area contributed by atoms with Gasteiger partial charge in [-0.25, -0.2) is 4.98 Å². The Balaban J connectivity index is 1.61. The molecule has 3 aromatic rings. The predicted molar refractivity (Wildman–Crippen MR) is 102 cm³/mol. The van der Waals surface area contributed by atoms with Crippen molar-refractivity contribution < 1.29 is 9.21 Å². The average molecular weight is 365 g/mol. The van der Waals surface area contributed by atoms with Gasteiger partial charge in [-0.05, 0) is 64.0 Å². The molecule has 7 nitrogen and oxygen atoms in total. The number of carbonyl (C=O) groups excluding carboxylic acids is 1. The zero-order chi connectivity index (χ0) is 18.9. The maximum atomic E-state index is 13.3. The van der Waals surface area contributed by atoms with Crippen LogP contribution in [0.15, 0.2) is 47.1 Å². The summed E-state index contributed by atoms with van der Waals surface area (Å²) in [6.45, 7) is 5.37. The zero-order valence-electron chi connectivity index (χ0n) is 15.5. The lowest BCUT2D eigenvalue weighted by Crippen LogP contribution is -2.52. The lowest BCUT2D eigenvalue weighted by molar-refractivity contribution is -0.126. The molecule has 0 bridgehead atoms. The minimum absolute atomic E-state index is 0.0513. The Hall–Kier alpha value is -2.93. The summed E-state index contributed by atoms with van der Waals surface area (Å²) >= 11 is 0. The second kappa shape index (κ2) is 7.00. The van der Waals surface area contributed by atoms with Crippen molar-refractivity contribution in [2.45, 2.75) is 32.2 Å². The van der Waals surface area contributed by atoms with Crippen LogP contribution in [0.25, 0.3) is 11.5 Å². The van der Waals surface area contributed by atoms with Crippen LogP contribution in [0.2, 0.25) is 0 Å². The molecule has 0 spiro atoms. The fourth-order valence-corrected chi connectivity index (χ4v) is 3.50. The number of anilines is 1. The van der Waals surface area contributed by atoms with Crippen LogP contribution in [0, 0.1) is 13.8 Å². The summed E-state index contributed by atoms with van der Waals surface area (Å²) in [5, 5.41) is 10.7. The van der Waals surface area contributed by atoms with Crippen molar-refractivity contribution in [2.75, 3.05) is 18.4 Å². The van der Waals surface area contributed by atoms with Crippen LogP contribution in [0.5, 0.6) is 0 Å². The summed E-state index contributed by atoms with van der Waals surface area (Å²) in [4.78, 5) is 17.7. The Bertz CT molecular complexity index is 920. The minimum atomic E-state index is -0.680. The van der Waals surface area contributed by atoms with E-state index in [0.29, 0.717) is 18.7 Å². The number of benzene rings is 1. The van der Waals surface area contributed by atoms with Gasteiger partial charge < -0.3 is 15.1 Å². The number of rotatable bonds is 4. The van der Waals surface area contributed by atoms with Gasteiger partial charge in [0.15, 0.2) is 0 Å². The van der Waals surface area contributed by atoms with Crippen molar-refractivity contribution in [3.63, 3.8) is 0 Å². The van der Waals surface area contributed by atoms with Crippen molar-refractivity contribution in [3.05, 3.63) is 54.2 Å². The Morgan fingerprint density at radius 1 is 1.26 bits per heavy atom. The standard InChI is InChI=1S/C20H23N5O2/c1-14-15(2)27-18(23-14)16-5-3-6-17(13-16)24-19(26)20(7-10-21-11-8-20)25-12-4-9-22-25/h3-6,9,12-13,21H,7-8,10-11H2,1-2H3,(H,24,26). The Labute approximate surface area is 157 Å². The molecule has 1 aromatic carbocycles. The molecule has 1 aliphatic heterocycles. The summed E-state index contributed by atoms with van der Waals surface area (Å²) in [6, 6.07) is 9.43. The molecular formula is C20H23N5O2. The largest absolute Gasteiger partial charge is 0.441 e. The third-order valence-electron chi connectivity index (χ3n) is 5.19. The quantitative estimate of drug-likeness (QED) is 0.743. The number of amides is 1. The molecule has 0 atom stereocenters. The van der Waals surface area contributed by atoms with Crippen LogP contribution in [0.3, 0.4) is 0 Å². The SMILES string of the molecule is Cc1nc(-c2cccc(NC(=O)C3(n4cccn4)CCNCC3)c2)oc1C. The van der Waals surface area contributed by atoms with Gasteiger partial charge in [0.1, 0.15) is 11.3 Å². The Morgan fingerprint density at radius 2 is 2.07 bits per heavy atom. The molecule has 1 saturated heterocycles. The number of nitrogens with zero attached hydrogens (tertiary/aromatic N) is 3. The fraction of sp³-hybridized carbons (Fsp3) is 0.350. The van der Waals surface area contributed by atoms with Crippen LogP contribution >= 0.6 is 0 Å². The summed E-state index contributed by atoms with van der Waals surface area (Å²) < 4.78 is 7.49. The van der Waals surface area contributed by atoms with Gasteiger partial charge in [-0.2, -0.15) is 5.10 Å². The average Bonchev–Trinajstić information content (AvgIpc) is 3.33. The molecular weight excluding hydrogens is 342 g/mol. The molecule has 0 radical (unpaired) electrons. The van der Waals surface area contributed by atoms with Crippen molar-refractivity contribution in [3.8, 4) is 11.5 Å². The summed E-state index contributed by atoms with van der Waals surface area (Å²) in [5.74, 6) is 1.31. The lowest BCUT2D eigenvalue weighted by atomic mass is 9.87. The number of hydrogen-bond acceptors (Lipinski definition) is 5. The predicted octanol–water partition coefficient (Wildman–Crippen LogP) is 2.87. The lowest BCUT2D eigenvalue weighted by Gasteiger charge is -2.36. The number of oxazole rings is 1. The third kappa shape index (κ3) is 3.26. The van der Waals surface area contributed by atoms with Gasteiger partial charge in [0.05, 0.1) is 5.69 Å². The van der Waals surface area contributed by atoms with Gasteiger partial charge in [-0.3, -0.25) is 9.48 Å². The molecule has 1 aliphatic rings. The first kappa shape index (κ1) is 17.5. The van der Waals surface area contributed by atoms with Gasteiger partial charge in [-0.1, -0.05) is 6.07 Å². The van der Waals surface area contributed by atoms with Gasteiger partial charge in [0.25, 0.3) is 5.91 Å². The highest BCUT2D eigenvalue weighted by atomic mass is 16.4. The van der Waals surface area contributed by atoms with E-state index < -0.39 is 5.54 Å². The van der Waals surface area contributed by atoms with E-state index in [2.05, 4.69) is 20.7 Å². The van der Waals surface area contributed by atoms with Crippen molar-refractivity contribution in [2.24, 2.45) is 0 Å². The molecule has 2 N–H and O–H groups in total.